The Labute approximate surface area is 173 Å². The van der Waals surface area contributed by atoms with Gasteiger partial charge in [-0.2, -0.15) is 0 Å². The summed E-state index contributed by atoms with van der Waals surface area (Å²) in [4.78, 5) is 23.9. The molecule has 2 rings (SSSR count). The van der Waals surface area contributed by atoms with E-state index >= 15 is 0 Å². The molecular weight excluding hydrogens is 381 g/mol. The summed E-state index contributed by atoms with van der Waals surface area (Å²) in [6.07, 6.45) is 7.89. The molecule has 28 heavy (non-hydrogen) atoms. The van der Waals surface area contributed by atoms with E-state index in [0.29, 0.717) is 25.6 Å². The molecule has 0 unspecified atom stereocenters. The van der Waals surface area contributed by atoms with Crippen molar-refractivity contribution in [2.75, 3.05) is 18.4 Å². The lowest BCUT2D eigenvalue weighted by molar-refractivity contribution is -0.116. The summed E-state index contributed by atoms with van der Waals surface area (Å²) in [6.45, 7) is 5.06. The zero-order valence-electron chi connectivity index (χ0n) is 16.9. The third kappa shape index (κ3) is 8.57. The Kier molecular flexibility index (Phi) is 11.1. The number of amides is 2. The highest BCUT2D eigenvalue weighted by Gasteiger charge is 2.13. The minimum Gasteiger partial charge on any atom is -0.351 e. The van der Waals surface area contributed by atoms with Gasteiger partial charge in [0, 0.05) is 31.1 Å². The molecule has 0 saturated heterocycles. The first-order chi connectivity index (χ1) is 13.0. The van der Waals surface area contributed by atoms with E-state index in [0.717, 1.165) is 0 Å². The van der Waals surface area contributed by atoms with Crippen molar-refractivity contribution in [1.82, 2.24) is 10.6 Å². The molecule has 0 aliphatic heterocycles. The highest BCUT2D eigenvalue weighted by molar-refractivity contribution is 5.96. The maximum atomic E-state index is 14.2. The molecule has 0 aromatic heterocycles. The van der Waals surface area contributed by atoms with Gasteiger partial charge in [-0.3, -0.25) is 9.59 Å². The normalized spacial score (nSPS) is 14.9. The molecular formula is C21H33ClFN3O2. The summed E-state index contributed by atoms with van der Waals surface area (Å²) in [6, 6.07) is 4.67. The van der Waals surface area contributed by atoms with Crippen molar-refractivity contribution in [3.8, 4) is 0 Å². The van der Waals surface area contributed by atoms with E-state index in [1.54, 1.807) is 0 Å². The van der Waals surface area contributed by atoms with Crippen molar-refractivity contribution >= 4 is 29.9 Å². The minimum absolute atomic E-state index is 0. The van der Waals surface area contributed by atoms with Crippen molar-refractivity contribution in [3.05, 3.63) is 29.6 Å². The molecule has 1 aromatic rings. The predicted molar refractivity (Wildman–Crippen MR) is 114 cm³/mol. The van der Waals surface area contributed by atoms with Crippen LogP contribution in [0.1, 0.15) is 69.2 Å². The van der Waals surface area contributed by atoms with Crippen LogP contribution in [-0.4, -0.2) is 30.9 Å². The molecule has 2 amide bonds. The fourth-order valence-corrected chi connectivity index (χ4v) is 3.37. The van der Waals surface area contributed by atoms with Crippen LogP contribution in [0.4, 0.5) is 10.1 Å². The number of anilines is 1. The number of carbonyl (C=O) groups excluding carboxylic acids is 2. The molecule has 1 aromatic carbocycles. The maximum Gasteiger partial charge on any atom is 0.251 e. The van der Waals surface area contributed by atoms with Gasteiger partial charge in [-0.05, 0) is 37.0 Å². The highest BCUT2D eigenvalue weighted by atomic mass is 35.5. The molecule has 5 nitrogen and oxygen atoms in total. The second-order valence-corrected chi connectivity index (χ2v) is 7.74. The van der Waals surface area contributed by atoms with Crippen molar-refractivity contribution in [2.45, 2.75) is 64.8 Å². The number of nitrogens with one attached hydrogen (secondary N) is 3. The average Bonchev–Trinajstić information content (AvgIpc) is 2.88. The molecule has 0 radical (unpaired) electrons. The number of benzene rings is 1. The summed E-state index contributed by atoms with van der Waals surface area (Å²) < 4.78 is 14.2. The summed E-state index contributed by atoms with van der Waals surface area (Å²) >= 11 is 0. The van der Waals surface area contributed by atoms with Gasteiger partial charge in [-0.1, -0.05) is 39.5 Å². The predicted octanol–water partition coefficient (Wildman–Crippen LogP) is 4.27. The van der Waals surface area contributed by atoms with Gasteiger partial charge in [-0.25, -0.2) is 4.39 Å². The van der Waals surface area contributed by atoms with Crippen LogP contribution in [0.15, 0.2) is 18.2 Å². The van der Waals surface area contributed by atoms with Crippen molar-refractivity contribution < 1.29 is 14.0 Å². The molecule has 1 aliphatic rings. The van der Waals surface area contributed by atoms with E-state index in [4.69, 9.17) is 0 Å². The lowest BCUT2D eigenvalue weighted by Gasteiger charge is -2.16. The number of halogens is 2. The Balaban J connectivity index is 0.00000392. The van der Waals surface area contributed by atoms with Crippen LogP contribution < -0.4 is 16.0 Å². The van der Waals surface area contributed by atoms with Gasteiger partial charge in [0.05, 0.1) is 5.69 Å². The monoisotopic (exact) mass is 413 g/mol. The average molecular weight is 414 g/mol. The van der Waals surface area contributed by atoms with Crippen LogP contribution >= 0.6 is 12.4 Å². The van der Waals surface area contributed by atoms with Gasteiger partial charge in [0.25, 0.3) is 5.91 Å². The summed E-state index contributed by atoms with van der Waals surface area (Å²) in [5, 5.41) is 8.85. The van der Waals surface area contributed by atoms with E-state index in [9.17, 15) is 14.0 Å². The zero-order chi connectivity index (χ0) is 19.6. The Morgan fingerprint density at radius 3 is 2.39 bits per heavy atom. The minimum atomic E-state index is -0.601. The molecule has 3 N–H and O–H groups in total. The summed E-state index contributed by atoms with van der Waals surface area (Å²) in [5.41, 5.74) is 0.357. The van der Waals surface area contributed by atoms with E-state index in [-0.39, 0.29) is 41.4 Å². The maximum absolute atomic E-state index is 14.2. The molecule has 1 aliphatic carbocycles. The second-order valence-electron chi connectivity index (χ2n) is 7.74. The third-order valence-corrected chi connectivity index (χ3v) is 4.80. The lowest BCUT2D eigenvalue weighted by atomic mass is 10.1. The lowest BCUT2D eigenvalue weighted by Crippen LogP contribution is -2.36. The van der Waals surface area contributed by atoms with Crippen molar-refractivity contribution in [3.63, 3.8) is 0 Å². The van der Waals surface area contributed by atoms with Crippen LogP contribution in [0.3, 0.4) is 0 Å². The van der Waals surface area contributed by atoms with Crippen molar-refractivity contribution in [2.24, 2.45) is 5.92 Å². The smallest absolute Gasteiger partial charge is 0.251 e. The first-order valence-electron chi connectivity index (χ1n) is 10.1. The highest BCUT2D eigenvalue weighted by Crippen LogP contribution is 2.18. The fourth-order valence-electron chi connectivity index (χ4n) is 3.37. The van der Waals surface area contributed by atoms with Gasteiger partial charge in [0.2, 0.25) is 5.91 Å². The van der Waals surface area contributed by atoms with Gasteiger partial charge in [0.15, 0.2) is 0 Å². The van der Waals surface area contributed by atoms with Crippen LogP contribution in [0, 0.1) is 11.7 Å². The van der Waals surface area contributed by atoms with Gasteiger partial charge in [0.1, 0.15) is 5.82 Å². The number of hydrogen-bond donors (Lipinski definition) is 3. The van der Waals surface area contributed by atoms with Crippen LogP contribution in [0.2, 0.25) is 0 Å². The Bertz CT molecular complexity index is 632. The first kappa shape index (κ1) is 24.4. The number of carbonyl (C=O) groups is 2. The second kappa shape index (κ2) is 12.7. The van der Waals surface area contributed by atoms with Crippen molar-refractivity contribution in [1.29, 1.82) is 0 Å². The molecule has 0 heterocycles. The van der Waals surface area contributed by atoms with Crippen LogP contribution in [0.5, 0.6) is 0 Å². The number of rotatable bonds is 8. The molecule has 0 spiro atoms. The van der Waals surface area contributed by atoms with Crippen LogP contribution in [-0.2, 0) is 4.79 Å². The van der Waals surface area contributed by atoms with E-state index in [1.165, 1.54) is 56.7 Å². The van der Waals surface area contributed by atoms with Gasteiger partial charge < -0.3 is 16.0 Å². The van der Waals surface area contributed by atoms with E-state index in [1.807, 2.05) is 13.8 Å². The molecule has 1 saturated carbocycles. The Morgan fingerprint density at radius 2 is 1.79 bits per heavy atom. The van der Waals surface area contributed by atoms with E-state index in [2.05, 4.69) is 16.0 Å². The summed E-state index contributed by atoms with van der Waals surface area (Å²) in [7, 11) is 0. The SMILES string of the molecule is CC(C)CC(=O)Nc1ccc(C(=O)NCCNC2CCCCCC2)cc1F.Cl. The molecule has 7 heteroatoms. The van der Waals surface area contributed by atoms with Gasteiger partial charge >= 0.3 is 0 Å². The quantitative estimate of drug-likeness (QED) is 0.440. The molecule has 1 fully saturated rings. The topological polar surface area (TPSA) is 70.2 Å². The first-order valence-corrected chi connectivity index (χ1v) is 10.1. The molecule has 158 valence electrons. The zero-order valence-corrected chi connectivity index (χ0v) is 17.7. The largest absolute Gasteiger partial charge is 0.351 e. The Morgan fingerprint density at radius 1 is 1.11 bits per heavy atom. The number of hydrogen-bond acceptors (Lipinski definition) is 3. The van der Waals surface area contributed by atoms with Crippen LogP contribution in [0.25, 0.3) is 0 Å². The molecule has 0 bridgehead atoms. The van der Waals surface area contributed by atoms with Gasteiger partial charge in [-0.15, -0.1) is 12.4 Å². The molecule has 0 atom stereocenters. The standard InChI is InChI=1S/C21H32FN3O2.ClH/c1-15(2)13-20(26)25-19-10-9-16(14-18(19)22)21(27)24-12-11-23-17-7-5-3-4-6-8-17;/h9-10,14-15,17,23H,3-8,11-13H2,1-2H3,(H,24,27)(H,25,26);1H. The fraction of sp³-hybridized carbons (Fsp3) is 0.619. The summed E-state index contributed by atoms with van der Waals surface area (Å²) in [5.74, 6) is -0.941. The Hall–Kier alpha value is -1.66. The van der Waals surface area contributed by atoms with E-state index < -0.39 is 5.82 Å². The third-order valence-electron chi connectivity index (χ3n) is 4.80.